The number of nitrogen functional groups attached to an aromatic ring is 1. The van der Waals surface area contributed by atoms with Gasteiger partial charge in [-0.3, -0.25) is 33.7 Å². The van der Waals surface area contributed by atoms with E-state index in [0.29, 0.717) is 50.4 Å². The first-order chi connectivity index (χ1) is 38.4. The van der Waals surface area contributed by atoms with Crippen LogP contribution in [0, 0.1) is 34.6 Å². The van der Waals surface area contributed by atoms with Crippen molar-refractivity contribution in [3.05, 3.63) is 240 Å². The SMILES string of the molecule is Cc1cc(N)ccc1-c1ccc(N2C(=O)c3ccc(C(C)(C)c4ccc5c(c4)C(=O)N(C)C5=O)cc3C2=O)cc1C.Cc1ccc(-c2ccc(N3C(=O)c4ccc(C(C)(C)c5ccc6c(c5)C(=O)OC6=O)cc4C3=O)cc2C)c(C)c1. The molecule has 8 aromatic rings. The van der Waals surface area contributed by atoms with Crippen molar-refractivity contribution in [2.24, 2.45) is 0 Å². The van der Waals surface area contributed by atoms with E-state index in [-0.39, 0.29) is 46.6 Å². The van der Waals surface area contributed by atoms with Gasteiger partial charge in [0, 0.05) is 23.6 Å². The van der Waals surface area contributed by atoms with Gasteiger partial charge in [0.15, 0.2) is 0 Å². The van der Waals surface area contributed by atoms with E-state index >= 15 is 0 Å². The van der Waals surface area contributed by atoms with Crippen LogP contribution in [0.5, 0.6) is 0 Å². The van der Waals surface area contributed by atoms with Crippen LogP contribution in [0.15, 0.2) is 146 Å². The molecule has 6 amide bonds. The predicted molar refractivity (Wildman–Crippen MR) is 310 cm³/mol. The maximum Gasteiger partial charge on any atom is 0.346 e. The van der Waals surface area contributed by atoms with Gasteiger partial charge in [-0.25, -0.2) is 19.4 Å². The fraction of sp³-hybridized carbons (Fsp3) is 0.176. The molecule has 0 bridgehead atoms. The van der Waals surface area contributed by atoms with Crippen LogP contribution in [0.2, 0.25) is 0 Å². The standard InChI is InChI=1S/C34H29N3O4.C34H27NO5/c1-18-14-22(35)8-12-24(18)25-13-9-23(15-19(25)2)37-32(40)27-11-7-21(17-29(27)33(37)41)34(3,4)20-6-10-26-28(16-20)31(39)36(5)30(26)38;1-18-6-10-24(19(2)14-18)25-13-9-23(15-20(25)3)35-30(36)26-11-7-21(16-28(26)31(35)37)34(4,5)22-8-12-27-29(17-22)33(39)40-32(27)38/h6-17H,35H2,1-5H3;6-17H,1-5H3. The van der Waals surface area contributed by atoms with Crippen LogP contribution < -0.4 is 15.5 Å². The zero-order valence-electron chi connectivity index (χ0n) is 46.4. The number of nitrogens with zero attached hydrogens (tertiary/aromatic N) is 3. The number of anilines is 3. The molecule has 0 fully saturated rings. The lowest BCUT2D eigenvalue weighted by Gasteiger charge is -2.27. The van der Waals surface area contributed by atoms with Crippen molar-refractivity contribution in [1.82, 2.24) is 4.90 Å². The zero-order chi connectivity index (χ0) is 57.9. The molecule has 0 unspecified atom stereocenters. The molecule has 13 nitrogen and oxygen atoms in total. The lowest BCUT2D eigenvalue weighted by Crippen LogP contribution is -2.29. The topological polar surface area (TPSA) is 182 Å². The molecule has 0 aliphatic carbocycles. The monoisotopic (exact) mass is 1070 g/mol. The summed E-state index contributed by atoms with van der Waals surface area (Å²) in [6.45, 7) is 18.0. The molecule has 0 spiro atoms. The van der Waals surface area contributed by atoms with Crippen molar-refractivity contribution >= 4 is 64.4 Å². The average molecular weight is 1070 g/mol. The van der Waals surface area contributed by atoms with Gasteiger partial charge in [-0.15, -0.1) is 0 Å². The van der Waals surface area contributed by atoms with Crippen LogP contribution in [-0.4, -0.2) is 59.3 Å². The van der Waals surface area contributed by atoms with Gasteiger partial charge >= 0.3 is 11.9 Å². The van der Waals surface area contributed by atoms with E-state index in [4.69, 9.17) is 10.5 Å². The van der Waals surface area contributed by atoms with Crippen molar-refractivity contribution in [3.8, 4) is 22.3 Å². The molecule has 81 heavy (non-hydrogen) atoms. The van der Waals surface area contributed by atoms with Gasteiger partial charge in [0.05, 0.1) is 55.9 Å². The number of esters is 2. The molecule has 2 N–H and O–H groups in total. The van der Waals surface area contributed by atoms with Crippen molar-refractivity contribution in [1.29, 1.82) is 0 Å². The molecular weight excluding hydrogens is 1020 g/mol. The Balaban J connectivity index is 0.000000170. The number of imide groups is 3. The smallest absolute Gasteiger partial charge is 0.346 e. The van der Waals surface area contributed by atoms with Gasteiger partial charge in [-0.05, 0) is 186 Å². The number of carbonyl (C=O) groups is 8. The number of fused-ring (bicyclic) bond motifs is 4. The van der Waals surface area contributed by atoms with Crippen molar-refractivity contribution in [2.75, 3.05) is 22.6 Å². The first-order valence-electron chi connectivity index (χ1n) is 26.5. The van der Waals surface area contributed by atoms with Crippen LogP contribution in [0.1, 0.15) is 161 Å². The van der Waals surface area contributed by atoms with Gasteiger partial charge in [-0.1, -0.05) is 93.9 Å². The largest absolute Gasteiger partial charge is 0.399 e. The molecule has 0 saturated heterocycles. The summed E-state index contributed by atoms with van der Waals surface area (Å²) in [5.74, 6) is -3.44. The molecule has 8 aromatic carbocycles. The number of rotatable bonds is 8. The number of benzene rings is 8. The van der Waals surface area contributed by atoms with Crippen molar-refractivity contribution in [3.63, 3.8) is 0 Å². The second-order valence-corrected chi connectivity index (χ2v) is 22.4. The zero-order valence-corrected chi connectivity index (χ0v) is 46.4. The summed E-state index contributed by atoms with van der Waals surface area (Å²) in [6, 6.07) is 44.2. The van der Waals surface area contributed by atoms with Gasteiger partial charge in [0.25, 0.3) is 35.4 Å². The highest BCUT2D eigenvalue weighted by atomic mass is 16.6. The highest BCUT2D eigenvalue weighted by Crippen LogP contribution is 2.41. The second kappa shape index (κ2) is 19.2. The Morgan fingerprint density at radius 2 is 0.654 bits per heavy atom. The molecule has 0 radical (unpaired) electrons. The van der Waals surface area contributed by atoms with E-state index in [0.717, 1.165) is 66.1 Å². The van der Waals surface area contributed by atoms with Crippen LogP contribution in [0.4, 0.5) is 17.1 Å². The van der Waals surface area contributed by atoms with E-state index in [1.54, 1.807) is 60.7 Å². The van der Waals surface area contributed by atoms with Crippen molar-refractivity contribution in [2.45, 2.75) is 73.1 Å². The number of cyclic esters (lactones) is 2. The van der Waals surface area contributed by atoms with Crippen molar-refractivity contribution < 1.29 is 43.1 Å². The molecule has 402 valence electrons. The maximum atomic E-state index is 13.7. The van der Waals surface area contributed by atoms with Gasteiger partial charge < -0.3 is 10.5 Å². The first-order valence-corrected chi connectivity index (χ1v) is 26.5. The Morgan fingerprint density at radius 3 is 1.09 bits per heavy atom. The Hall–Kier alpha value is -9.88. The van der Waals surface area contributed by atoms with Crippen LogP contribution in [0.25, 0.3) is 22.3 Å². The quantitative estimate of drug-likeness (QED) is 0.0665. The second-order valence-electron chi connectivity index (χ2n) is 22.4. The Morgan fingerprint density at radius 1 is 0.333 bits per heavy atom. The van der Waals surface area contributed by atoms with E-state index < -0.39 is 22.8 Å². The summed E-state index contributed by atoms with van der Waals surface area (Å²) in [4.78, 5) is 107. The first kappa shape index (κ1) is 53.1. The van der Waals surface area contributed by atoms with E-state index in [9.17, 15) is 38.4 Å². The number of hydrogen-bond donors (Lipinski definition) is 1. The lowest BCUT2D eigenvalue weighted by atomic mass is 9.76. The van der Waals surface area contributed by atoms with E-state index in [1.165, 1.54) is 28.0 Å². The number of amides is 6. The molecule has 12 rings (SSSR count). The van der Waals surface area contributed by atoms with Crippen LogP contribution in [0.3, 0.4) is 0 Å². The molecule has 0 atom stereocenters. The summed E-state index contributed by atoms with van der Waals surface area (Å²) in [6.07, 6.45) is 0. The molecule has 4 aliphatic heterocycles. The molecule has 4 heterocycles. The van der Waals surface area contributed by atoms with Crippen LogP contribution >= 0.6 is 0 Å². The highest BCUT2D eigenvalue weighted by Gasteiger charge is 2.41. The third-order valence-corrected chi connectivity index (χ3v) is 16.5. The number of carbonyl (C=O) groups excluding carboxylic acids is 8. The molecule has 0 saturated carbocycles. The summed E-state index contributed by atoms with van der Waals surface area (Å²) < 4.78 is 4.73. The summed E-state index contributed by atoms with van der Waals surface area (Å²) in [5.41, 5.74) is 21.8. The Labute approximate surface area is 468 Å². The summed E-state index contributed by atoms with van der Waals surface area (Å²) in [7, 11) is 1.47. The molecular formula is C68H56N4O9. The molecule has 0 aromatic heterocycles. The minimum absolute atomic E-state index is 0.230. The maximum absolute atomic E-state index is 13.7. The fourth-order valence-corrected chi connectivity index (χ4v) is 11.6. The predicted octanol–water partition coefficient (Wildman–Crippen LogP) is 12.6. The van der Waals surface area contributed by atoms with Gasteiger partial charge in [0.1, 0.15) is 0 Å². The number of nitrogens with two attached hydrogens (primary N) is 1. The van der Waals surface area contributed by atoms with E-state index in [2.05, 4.69) is 32.0 Å². The van der Waals surface area contributed by atoms with Gasteiger partial charge in [0.2, 0.25) is 0 Å². The average Bonchev–Trinajstić information content (AvgIpc) is 4.18. The highest BCUT2D eigenvalue weighted by molar-refractivity contribution is 6.35. The number of hydrogen-bond acceptors (Lipinski definition) is 10. The number of aryl methyl sites for hydroxylation is 5. The third kappa shape index (κ3) is 8.63. The Kier molecular flexibility index (Phi) is 12.6. The number of ether oxygens (including phenoxy) is 1. The van der Waals surface area contributed by atoms with E-state index in [1.807, 2.05) is 115 Å². The summed E-state index contributed by atoms with van der Waals surface area (Å²) in [5, 5.41) is 0. The fourth-order valence-electron chi connectivity index (χ4n) is 11.6. The minimum Gasteiger partial charge on any atom is -0.399 e. The Bertz CT molecular complexity index is 4200. The summed E-state index contributed by atoms with van der Waals surface area (Å²) >= 11 is 0. The molecule has 13 heteroatoms. The van der Waals surface area contributed by atoms with Gasteiger partial charge in [-0.2, -0.15) is 0 Å². The third-order valence-electron chi connectivity index (χ3n) is 16.5. The normalized spacial score (nSPS) is 14.6. The van der Waals surface area contributed by atoms with Crippen LogP contribution in [-0.2, 0) is 15.6 Å². The lowest BCUT2D eigenvalue weighted by molar-refractivity contribution is 0.0441. The molecule has 4 aliphatic rings. The minimum atomic E-state index is -0.665.